The summed E-state index contributed by atoms with van der Waals surface area (Å²) in [6, 6.07) is 6.34. The van der Waals surface area contributed by atoms with Crippen molar-refractivity contribution in [2.45, 2.75) is 39.2 Å². The smallest absolute Gasteiger partial charge is 0.279 e. The second kappa shape index (κ2) is 7.35. The highest BCUT2D eigenvalue weighted by molar-refractivity contribution is 7.18. The molecule has 0 aliphatic heterocycles. The number of carbonyl (C=O) groups is 1. The number of amides is 1. The van der Waals surface area contributed by atoms with Gasteiger partial charge in [-0.25, -0.2) is 0 Å². The number of aryl methyl sites for hydroxylation is 1. The molecule has 0 fully saturated rings. The van der Waals surface area contributed by atoms with E-state index in [1.807, 2.05) is 6.07 Å². The van der Waals surface area contributed by atoms with Gasteiger partial charge in [-0.05, 0) is 49.8 Å². The lowest BCUT2D eigenvalue weighted by Crippen LogP contribution is -2.34. The first-order valence-electron chi connectivity index (χ1n) is 9.33. The van der Waals surface area contributed by atoms with Crippen molar-refractivity contribution in [2.75, 3.05) is 12.4 Å². The third-order valence-electron chi connectivity index (χ3n) is 5.26. The van der Waals surface area contributed by atoms with Crippen molar-refractivity contribution in [3.8, 4) is 5.75 Å². The van der Waals surface area contributed by atoms with E-state index in [1.54, 1.807) is 43.6 Å². The first kappa shape index (κ1) is 18.6. The minimum atomic E-state index is -0.799. The summed E-state index contributed by atoms with van der Waals surface area (Å²) in [5, 5.41) is 11.7. The molecule has 3 aromatic rings. The highest BCUT2D eigenvalue weighted by Gasteiger charge is 2.26. The van der Waals surface area contributed by atoms with Gasteiger partial charge >= 0.3 is 0 Å². The fraction of sp³-hybridized carbons (Fsp3) is 0.400. The molecular weight excluding hydrogens is 376 g/mol. The highest BCUT2D eigenvalue weighted by atomic mass is 32.1. The van der Waals surface area contributed by atoms with E-state index in [1.165, 1.54) is 9.56 Å². The molecule has 2 aromatic heterocycles. The summed E-state index contributed by atoms with van der Waals surface area (Å²) in [6.07, 6.45) is 2.91. The van der Waals surface area contributed by atoms with E-state index in [2.05, 4.69) is 22.6 Å². The number of nitrogens with one attached hydrogen (secondary N) is 1. The maximum atomic E-state index is 13.1. The molecule has 4 rings (SSSR count). The Hall–Kier alpha value is -2.74. The molecule has 2 atom stereocenters. The van der Waals surface area contributed by atoms with Gasteiger partial charge < -0.3 is 10.1 Å². The molecule has 2 heterocycles. The Bertz CT molecular complexity index is 1100. The van der Waals surface area contributed by atoms with Crippen LogP contribution in [0.2, 0.25) is 0 Å². The van der Waals surface area contributed by atoms with Gasteiger partial charge in [-0.1, -0.05) is 24.3 Å². The maximum Gasteiger partial charge on any atom is 0.279 e. The van der Waals surface area contributed by atoms with Gasteiger partial charge in [0.15, 0.2) is 4.83 Å². The van der Waals surface area contributed by atoms with Crippen molar-refractivity contribution in [1.29, 1.82) is 0 Å². The highest BCUT2D eigenvalue weighted by Crippen LogP contribution is 2.35. The van der Waals surface area contributed by atoms with Gasteiger partial charge in [0.05, 0.1) is 18.2 Å². The molecule has 0 saturated heterocycles. The van der Waals surface area contributed by atoms with Crippen LogP contribution in [0.4, 0.5) is 5.69 Å². The first-order chi connectivity index (χ1) is 13.5. The van der Waals surface area contributed by atoms with Crippen LogP contribution >= 0.6 is 11.3 Å². The van der Waals surface area contributed by atoms with Crippen LogP contribution in [0.15, 0.2) is 29.1 Å². The number of aromatic nitrogens is 3. The third kappa shape index (κ3) is 3.17. The second-order valence-corrected chi connectivity index (χ2v) is 8.32. The van der Waals surface area contributed by atoms with Crippen molar-refractivity contribution in [3.05, 3.63) is 45.1 Å². The number of thiophene rings is 1. The van der Waals surface area contributed by atoms with Gasteiger partial charge in [-0.2, -0.15) is 4.68 Å². The standard InChI is InChI=1S/C20H22N4O3S/c1-11-8-9-13-16(10-11)28-19-17(13)20(26)24(23-22-19)12(2)18(25)21-14-6-4-5-7-15(14)27-3/h4-7,11-12H,8-10H2,1-3H3,(H,21,25)/t11-,12-/m1/s1. The molecule has 0 bridgehead atoms. The molecule has 1 amide bonds. The van der Waals surface area contributed by atoms with Crippen LogP contribution in [0.1, 0.15) is 36.8 Å². The summed E-state index contributed by atoms with van der Waals surface area (Å²) in [7, 11) is 1.54. The van der Waals surface area contributed by atoms with E-state index < -0.39 is 6.04 Å². The molecule has 146 valence electrons. The maximum absolute atomic E-state index is 13.1. The zero-order chi connectivity index (χ0) is 19.8. The van der Waals surface area contributed by atoms with Crippen LogP contribution in [-0.4, -0.2) is 28.0 Å². The quantitative estimate of drug-likeness (QED) is 0.729. The number of hydrogen-bond donors (Lipinski definition) is 1. The SMILES string of the molecule is COc1ccccc1NC(=O)[C@@H](C)n1nnc2sc3c(c2c1=O)CC[C@@H](C)C3. The topological polar surface area (TPSA) is 86.1 Å². The molecule has 1 N–H and O–H groups in total. The lowest BCUT2D eigenvalue weighted by Gasteiger charge is -2.18. The van der Waals surface area contributed by atoms with E-state index in [4.69, 9.17) is 4.74 Å². The summed E-state index contributed by atoms with van der Waals surface area (Å²) < 4.78 is 6.44. The van der Waals surface area contributed by atoms with E-state index in [0.717, 1.165) is 24.8 Å². The Morgan fingerprint density at radius 1 is 1.39 bits per heavy atom. The molecule has 0 radical (unpaired) electrons. The number of benzene rings is 1. The van der Waals surface area contributed by atoms with E-state index in [-0.39, 0.29) is 11.5 Å². The number of para-hydroxylation sites is 2. The molecule has 0 saturated carbocycles. The Kier molecular flexibility index (Phi) is 4.89. The molecule has 8 heteroatoms. The number of methoxy groups -OCH3 is 1. The van der Waals surface area contributed by atoms with Gasteiger partial charge in [-0.15, -0.1) is 16.4 Å². The van der Waals surface area contributed by atoms with Gasteiger partial charge in [0.25, 0.3) is 5.56 Å². The average Bonchev–Trinajstić information content (AvgIpc) is 3.06. The minimum Gasteiger partial charge on any atom is -0.495 e. The zero-order valence-corrected chi connectivity index (χ0v) is 16.9. The van der Waals surface area contributed by atoms with Gasteiger partial charge in [0, 0.05) is 4.88 Å². The molecule has 0 spiro atoms. The van der Waals surface area contributed by atoms with E-state index in [9.17, 15) is 9.59 Å². The van der Waals surface area contributed by atoms with Crippen molar-refractivity contribution >= 4 is 33.1 Å². The van der Waals surface area contributed by atoms with Crippen LogP contribution in [0.25, 0.3) is 10.2 Å². The molecular formula is C20H22N4O3S. The van der Waals surface area contributed by atoms with Gasteiger partial charge in [0.1, 0.15) is 11.8 Å². The lowest BCUT2D eigenvalue weighted by atomic mass is 9.89. The van der Waals surface area contributed by atoms with Crippen LogP contribution in [0.5, 0.6) is 5.75 Å². The monoisotopic (exact) mass is 398 g/mol. The second-order valence-electron chi connectivity index (χ2n) is 7.24. The van der Waals surface area contributed by atoms with Crippen LogP contribution in [0, 0.1) is 5.92 Å². The van der Waals surface area contributed by atoms with Crippen molar-refractivity contribution in [3.63, 3.8) is 0 Å². The van der Waals surface area contributed by atoms with Crippen molar-refractivity contribution < 1.29 is 9.53 Å². The summed E-state index contributed by atoms with van der Waals surface area (Å²) in [4.78, 5) is 27.8. The Balaban J connectivity index is 1.68. The summed E-state index contributed by atoms with van der Waals surface area (Å²) in [6.45, 7) is 3.87. The molecule has 1 aliphatic carbocycles. The molecule has 28 heavy (non-hydrogen) atoms. The number of hydrogen-bond acceptors (Lipinski definition) is 6. The molecule has 1 aromatic carbocycles. The largest absolute Gasteiger partial charge is 0.495 e. The number of rotatable bonds is 4. The fourth-order valence-corrected chi connectivity index (χ4v) is 4.94. The van der Waals surface area contributed by atoms with Crippen LogP contribution in [-0.2, 0) is 17.6 Å². The number of nitrogens with zero attached hydrogens (tertiary/aromatic N) is 3. The summed E-state index contributed by atoms with van der Waals surface area (Å²) >= 11 is 1.55. The average molecular weight is 398 g/mol. The fourth-order valence-electron chi connectivity index (χ4n) is 3.62. The first-order valence-corrected chi connectivity index (χ1v) is 10.1. The lowest BCUT2D eigenvalue weighted by molar-refractivity contribution is -0.119. The number of fused-ring (bicyclic) bond motifs is 3. The summed E-state index contributed by atoms with van der Waals surface area (Å²) in [5.74, 6) is 0.817. The third-order valence-corrected chi connectivity index (χ3v) is 6.40. The summed E-state index contributed by atoms with van der Waals surface area (Å²) in [5.41, 5.74) is 1.38. The van der Waals surface area contributed by atoms with Crippen molar-refractivity contribution in [1.82, 2.24) is 15.0 Å². The van der Waals surface area contributed by atoms with Crippen molar-refractivity contribution in [2.24, 2.45) is 5.92 Å². The number of anilines is 1. The van der Waals surface area contributed by atoms with Gasteiger partial charge in [0.2, 0.25) is 5.91 Å². The normalized spacial score (nSPS) is 17.2. The Morgan fingerprint density at radius 3 is 2.96 bits per heavy atom. The van der Waals surface area contributed by atoms with E-state index in [0.29, 0.717) is 27.6 Å². The molecule has 0 unspecified atom stereocenters. The Morgan fingerprint density at radius 2 is 2.18 bits per heavy atom. The number of ether oxygens (including phenoxy) is 1. The van der Waals surface area contributed by atoms with E-state index >= 15 is 0 Å². The Labute approximate surface area is 166 Å². The number of carbonyl (C=O) groups excluding carboxylic acids is 1. The molecule has 1 aliphatic rings. The van der Waals surface area contributed by atoms with Gasteiger partial charge in [-0.3, -0.25) is 9.59 Å². The predicted octanol–water partition coefficient (Wildman–Crippen LogP) is 3.19. The zero-order valence-electron chi connectivity index (χ0n) is 16.1. The minimum absolute atomic E-state index is 0.250. The van der Waals surface area contributed by atoms with Crippen LogP contribution < -0.4 is 15.6 Å². The predicted molar refractivity (Wildman–Crippen MR) is 109 cm³/mol. The molecule has 7 nitrogen and oxygen atoms in total. The van der Waals surface area contributed by atoms with Crippen LogP contribution in [0.3, 0.4) is 0 Å².